The van der Waals surface area contributed by atoms with Crippen LogP contribution in [0, 0.1) is 0 Å². The maximum absolute atomic E-state index is 11.0. The number of anilines is 1. The Bertz CT molecular complexity index is 563. The number of benzene rings is 1. The van der Waals surface area contributed by atoms with Crippen molar-refractivity contribution in [1.29, 1.82) is 0 Å². The number of nitrogens with two attached hydrogens (primary N) is 1. The van der Waals surface area contributed by atoms with Gasteiger partial charge in [0.1, 0.15) is 0 Å². The minimum absolute atomic E-state index is 0.0812. The summed E-state index contributed by atoms with van der Waals surface area (Å²) in [5.41, 5.74) is 6.78. The smallest absolute Gasteiger partial charge is 0.229 e. The number of aldehydes is 1. The minimum Gasteiger partial charge on any atom is -0.504 e. The van der Waals surface area contributed by atoms with Gasteiger partial charge in [-0.3, -0.25) is 4.79 Å². The van der Waals surface area contributed by atoms with Crippen molar-refractivity contribution in [2.45, 2.75) is 0 Å². The van der Waals surface area contributed by atoms with E-state index in [0.29, 0.717) is 23.0 Å². The summed E-state index contributed by atoms with van der Waals surface area (Å²) in [5.74, 6) is 0.206. The molecule has 0 aliphatic heterocycles. The monoisotopic (exact) mass is 234 g/mol. The Kier molecular flexibility index (Phi) is 2.70. The number of rotatable bonds is 3. The summed E-state index contributed by atoms with van der Waals surface area (Å²) < 4.78 is 9.62. The fraction of sp³-hybridized carbons (Fsp3) is 0.0909. The van der Waals surface area contributed by atoms with E-state index in [0.717, 1.165) is 0 Å². The van der Waals surface area contributed by atoms with E-state index in [1.54, 1.807) is 0 Å². The van der Waals surface area contributed by atoms with Crippen molar-refractivity contribution in [3.05, 3.63) is 23.9 Å². The van der Waals surface area contributed by atoms with Crippen molar-refractivity contribution in [2.75, 3.05) is 12.8 Å². The van der Waals surface area contributed by atoms with Gasteiger partial charge in [0.25, 0.3) is 0 Å². The van der Waals surface area contributed by atoms with Gasteiger partial charge in [0.05, 0.1) is 18.9 Å². The van der Waals surface area contributed by atoms with Gasteiger partial charge in [0.2, 0.25) is 5.88 Å². The first kappa shape index (κ1) is 11.0. The average Bonchev–Trinajstić information content (AvgIpc) is 2.75. The van der Waals surface area contributed by atoms with Gasteiger partial charge in [0, 0.05) is 11.1 Å². The lowest BCUT2D eigenvalue weighted by Gasteiger charge is -2.08. The minimum atomic E-state index is -0.0892. The lowest BCUT2D eigenvalue weighted by molar-refractivity contribution is 0.112. The Hall–Kier alpha value is -2.50. The largest absolute Gasteiger partial charge is 0.504 e. The second kappa shape index (κ2) is 4.17. The number of phenols is 1. The van der Waals surface area contributed by atoms with Crippen LogP contribution in [0.5, 0.6) is 11.5 Å². The van der Waals surface area contributed by atoms with Crippen LogP contribution in [-0.4, -0.2) is 23.7 Å². The van der Waals surface area contributed by atoms with E-state index in [1.807, 2.05) is 0 Å². The van der Waals surface area contributed by atoms with Crippen LogP contribution in [0.15, 0.2) is 22.9 Å². The van der Waals surface area contributed by atoms with E-state index in [2.05, 4.69) is 5.16 Å². The molecule has 0 saturated heterocycles. The number of hydrogen-bond acceptors (Lipinski definition) is 6. The van der Waals surface area contributed by atoms with Crippen LogP contribution in [0.3, 0.4) is 0 Å². The van der Waals surface area contributed by atoms with E-state index >= 15 is 0 Å². The molecule has 0 radical (unpaired) electrons. The van der Waals surface area contributed by atoms with Gasteiger partial charge in [-0.1, -0.05) is 5.16 Å². The Morgan fingerprint density at radius 2 is 2.24 bits per heavy atom. The summed E-state index contributed by atoms with van der Waals surface area (Å²) >= 11 is 0. The van der Waals surface area contributed by atoms with Crippen molar-refractivity contribution < 1.29 is 19.2 Å². The number of nitrogen functional groups attached to an aromatic ring is 1. The second-order valence-electron chi connectivity index (χ2n) is 3.33. The molecular weight excluding hydrogens is 224 g/mol. The Morgan fingerprint density at radius 3 is 2.76 bits per heavy atom. The maximum Gasteiger partial charge on any atom is 0.229 e. The van der Waals surface area contributed by atoms with Gasteiger partial charge in [-0.15, -0.1) is 0 Å². The molecular formula is C11H10N2O4. The van der Waals surface area contributed by atoms with Gasteiger partial charge >= 0.3 is 0 Å². The number of ether oxygens (including phenoxy) is 1. The molecule has 1 aromatic carbocycles. The van der Waals surface area contributed by atoms with E-state index in [4.69, 9.17) is 15.0 Å². The van der Waals surface area contributed by atoms with Crippen LogP contribution < -0.4 is 10.5 Å². The quantitative estimate of drug-likeness (QED) is 0.780. The Balaban J connectivity index is 2.65. The summed E-state index contributed by atoms with van der Waals surface area (Å²) in [6, 6.07) is 2.80. The number of carbonyl (C=O) groups excluding carboxylic acids is 1. The van der Waals surface area contributed by atoms with E-state index < -0.39 is 0 Å². The number of aromatic hydroxyl groups is 1. The maximum atomic E-state index is 11.0. The molecule has 6 heteroatoms. The Labute approximate surface area is 96.6 Å². The van der Waals surface area contributed by atoms with Crippen molar-refractivity contribution in [3.63, 3.8) is 0 Å². The zero-order valence-corrected chi connectivity index (χ0v) is 9.01. The average molecular weight is 234 g/mol. The first-order valence-corrected chi connectivity index (χ1v) is 4.74. The first-order valence-electron chi connectivity index (χ1n) is 4.74. The van der Waals surface area contributed by atoms with Crippen LogP contribution in [0.25, 0.3) is 11.1 Å². The molecule has 6 nitrogen and oxygen atoms in total. The molecule has 2 rings (SSSR count). The third-order valence-corrected chi connectivity index (χ3v) is 2.37. The molecule has 17 heavy (non-hydrogen) atoms. The fourth-order valence-corrected chi connectivity index (χ4v) is 1.53. The van der Waals surface area contributed by atoms with Gasteiger partial charge in [-0.05, 0) is 12.1 Å². The van der Waals surface area contributed by atoms with E-state index in [9.17, 15) is 9.90 Å². The fourth-order valence-electron chi connectivity index (χ4n) is 1.53. The SMILES string of the molecule is COc1cc(C=O)c(-c2cnoc2N)cc1O. The zero-order valence-electron chi connectivity index (χ0n) is 9.01. The molecule has 1 aromatic heterocycles. The highest BCUT2D eigenvalue weighted by molar-refractivity contribution is 5.91. The van der Waals surface area contributed by atoms with E-state index in [1.165, 1.54) is 25.4 Å². The lowest BCUT2D eigenvalue weighted by Crippen LogP contribution is -1.93. The molecule has 0 amide bonds. The summed E-state index contributed by atoms with van der Waals surface area (Å²) in [6.45, 7) is 0. The number of phenolic OH excluding ortho intramolecular Hbond substituents is 1. The summed E-state index contributed by atoms with van der Waals surface area (Å²) in [7, 11) is 1.40. The van der Waals surface area contributed by atoms with Crippen LogP contribution in [0.2, 0.25) is 0 Å². The first-order chi connectivity index (χ1) is 8.17. The van der Waals surface area contributed by atoms with Gasteiger partial charge in [0.15, 0.2) is 17.8 Å². The standard InChI is InChI=1S/C11H10N2O4/c1-16-10-2-6(5-14)7(3-9(10)15)8-4-13-17-11(8)12/h2-5,15H,12H2,1H3. The second-order valence-corrected chi connectivity index (χ2v) is 3.33. The van der Waals surface area contributed by atoms with Crippen LogP contribution >= 0.6 is 0 Å². The molecule has 0 bridgehead atoms. The van der Waals surface area contributed by atoms with Crippen LogP contribution in [0.4, 0.5) is 5.88 Å². The number of carbonyl (C=O) groups is 1. The summed E-state index contributed by atoms with van der Waals surface area (Å²) in [6.07, 6.45) is 2.02. The highest BCUT2D eigenvalue weighted by atomic mass is 16.5. The Morgan fingerprint density at radius 1 is 1.47 bits per heavy atom. The summed E-state index contributed by atoms with van der Waals surface area (Å²) in [4.78, 5) is 11.0. The normalized spacial score (nSPS) is 10.2. The van der Waals surface area contributed by atoms with Crippen molar-refractivity contribution in [2.24, 2.45) is 0 Å². The van der Waals surface area contributed by atoms with Crippen LogP contribution in [0.1, 0.15) is 10.4 Å². The molecule has 1 heterocycles. The van der Waals surface area contributed by atoms with Gasteiger partial charge < -0.3 is 20.1 Å². The molecule has 0 unspecified atom stereocenters. The molecule has 0 saturated carbocycles. The summed E-state index contributed by atoms with van der Waals surface area (Å²) in [5, 5.41) is 13.2. The predicted octanol–water partition coefficient (Wildman–Crippen LogP) is 1.45. The number of nitrogens with zero attached hydrogens (tertiary/aromatic N) is 1. The molecule has 88 valence electrons. The highest BCUT2D eigenvalue weighted by Gasteiger charge is 2.15. The number of methoxy groups -OCH3 is 1. The molecule has 0 fully saturated rings. The van der Waals surface area contributed by atoms with Crippen LogP contribution in [-0.2, 0) is 0 Å². The van der Waals surface area contributed by atoms with Crippen molar-refractivity contribution >= 4 is 12.2 Å². The van der Waals surface area contributed by atoms with Gasteiger partial charge in [-0.2, -0.15) is 0 Å². The highest BCUT2D eigenvalue weighted by Crippen LogP contribution is 2.36. The zero-order chi connectivity index (χ0) is 12.4. The predicted molar refractivity (Wildman–Crippen MR) is 60.0 cm³/mol. The van der Waals surface area contributed by atoms with Gasteiger partial charge in [-0.25, -0.2) is 0 Å². The van der Waals surface area contributed by atoms with E-state index in [-0.39, 0.29) is 17.4 Å². The molecule has 0 atom stereocenters. The molecule has 3 N–H and O–H groups in total. The lowest BCUT2D eigenvalue weighted by atomic mass is 10.0. The molecule has 2 aromatic rings. The topological polar surface area (TPSA) is 98.6 Å². The van der Waals surface area contributed by atoms with Crippen molar-refractivity contribution in [1.82, 2.24) is 5.16 Å². The molecule has 0 spiro atoms. The molecule has 0 aliphatic rings. The third-order valence-electron chi connectivity index (χ3n) is 2.37. The van der Waals surface area contributed by atoms with Crippen molar-refractivity contribution in [3.8, 4) is 22.6 Å². The third kappa shape index (κ3) is 1.80. The number of aromatic nitrogens is 1. The molecule has 0 aliphatic carbocycles. The number of hydrogen-bond donors (Lipinski definition) is 2.